The van der Waals surface area contributed by atoms with Gasteiger partial charge in [-0.25, -0.2) is 4.79 Å². The maximum atomic E-state index is 12.4. The van der Waals surface area contributed by atoms with Crippen molar-refractivity contribution < 1.29 is 50.4 Å². The third-order valence-electron chi connectivity index (χ3n) is 3.86. The molecule has 0 radical (unpaired) electrons. The molecule has 2 aromatic carbocycles. The molecule has 2 N–H and O–H groups in total. The number of aliphatic hydroxyl groups excluding tert-OH is 1. The first kappa shape index (κ1) is 24.1. The summed E-state index contributed by atoms with van der Waals surface area (Å²) in [6.45, 7) is 4.91. The molecule has 5 nitrogen and oxygen atoms in total. The summed E-state index contributed by atoms with van der Waals surface area (Å²) in [7, 11) is 0. The zero-order valence-corrected chi connectivity index (χ0v) is 18.7. The van der Waals surface area contributed by atoms with E-state index in [0.717, 1.165) is 5.56 Å². The van der Waals surface area contributed by atoms with E-state index in [1.165, 1.54) is 6.92 Å². The Morgan fingerprint density at radius 3 is 2.18 bits per heavy atom. The van der Waals surface area contributed by atoms with Crippen LogP contribution < -0.4 is 35.2 Å². The third-order valence-corrected chi connectivity index (χ3v) is 3.86. The zero-order chi connectivity index (χ0) is 20.0. The fourth-order valence-corrected chi connectivity index (χ4v) is 2.81. The minimum atomic E-state index is -0.615. The summed E-state index contributed by atoms with van der Waals surface area (Å²) in [4.78, 5) is 24.1. The van der Waals surface area contributed by atoms with E-state index in [0.29, 0.717) is 11.0 Å². The number of carbonyl (C=O) groups excluding carboxylic acids is 1. The van der Waals surface area contributed by atoms with E-state index < -0.39 is 11.5 Å². The van der Waals surface area contributed by atoms with Crippen molar-refractivity contribution in [1.29, 1.82) is 0 Å². The molecule has 28 heavy (non-hydrogen) atoms. The van der Waals surface area contributed by atoms with Gasteiger partial charge in [0.15, 0.2) is 0 Å². The van der Waals surface area contributed by atoms with Crippen molar-refractivity contribution >= 4 is 16.8 Å². The predicted octanol–water partition coefficient (Wildman–Crippen LogP) is 1.11. The minimum absolute atomic E-state index is 0. The Bertz CT molecular complexity index is 967. The maximum Gasteiger partial charge on any atom is 1.00 e. The van der Waals surface area contributed by atoms with Crippen molar-refractivity contribution in [3.8, 4) is 5.75 Å². The van der Waals surface area contributed by atoms with Gasteiger partial charge >= 0.3 is 35.2 Å². The van der Waals surface area contributed by atoms with Crippen LogP contribution in [0.5, 0.6) is 5.75 Å². The summed E-state index contributed by atoms with van der Waals surface area (Å²) in [5, 5.41) is 19.1. The van der Waals surface area contributed by atoms with Crippen LogP contribution in [0.3, 0.4) is 0 Å². The fraction of sp³-hybridized carbons (Fsp3) is 0.273. The first-order chi connectivity index (χ1) is 12.8. The van der Waals surface area contributed by atoms with E-state index in [2.05, 4.69) is 0 Å². The van der Waals surface area contributed by atoms with Crippen LogP contribution in [0.15, 0.2) is 63.8 Å². The molecule has 0 aliphatic rings. The zero-order valence-electron chi connectivity index (χ0n) is 17.7. The topological polar surface area (TPSA) is 87.7 Å². The Balaban J connectivity index is 0.00000120. The number of hydrogen-bond donors (Lipinski definition) is 2. The van der Waals surface area contributed by atoms with Crippen LogP contribution in [0.2, 0.25) is 0 Å². The fourth-order valence-electron chi connectivity index (χ4n) is 2.81. The van der Waals surface area contributed by atoms with Gasteiger partial charge in [0.25, 0.3) is 0 Å². The Kier molecular flexibility index (Phi) is 9.62. The van der Waals surface area contributed by atoms with Crippen molar-refractivity contribution in [3.05, 3.63) is 76.1 Å². The average molecular weight is 392 g/mol. The van der Waals surface area contributed by atoms with Crippen molar-refractivity contribution in [2.75, 3.05) is 0 Å². The Labute approximate surface area is 187 Å². The Hall–Kier alpha value is -1.92. The number of aliphatic hydroxyl groups is 1. The van der Waals surface area contributed by atoms with Crippen LogP contribution in [0.25, 0.3) is 11.0 Å². The van der Waals surface area contributed by atoms with E-state index in [1.807, 2.05) is 30.3 Å². The molecule has 0 saturated heterocycles. The number of aromatic hydroxyl groups is 1. The third kappa shape index (κ3) is 6.31. The maximum absolute atomic E-state index is 12.4. The smallest absolute Gasteiger partial charge is 1.00 e. The molecule has 1 atom stereocenters. The Morgan fingerprint density at radius 2 is 1.61 bits per heavy atom. The SMILES string of the molecule is CC(=O)CC(c1ccccc1)c1c(O)c2ccccc2oc1=O.CC(C)O.[H-].[Na+]. The number of Topliss-reactive ketones (excluding diaryl/α,β-unsaturated/α-hetero) is 1. The van der Waals surface area contributed by atoms with Crippen LogP contribution in [0, 0.1) is 0 Å². The van der Waals surface area contributed by atoms with Crippen molar-refractivity contribution in [3.63, 3.8) is 0 Å². The van der Waals surface area contributed by atoms with Crippen LogP contribution in [0.1, 0.15) is 45.7 Å². The van der Waals surface area contributed by atoms with E-state index in [4.69, 9.17) is 9.52 Å². The summed E-state index contributed by atoms with van der Waals surface area (Å²) in [6, 6.07) is 16.0. The minimum Gasteiger partial charge on any atom is -1.00 e. The molecule has 0 fully saturated rings. The van der Waals surface area contributed by atoms with Gasteiger partial charge in [-0.2, -0.15) is 0 Å². The van der Waals surface area contributed by atoms with E-state index >= 15 is 0 Å². The molecular formula is C22H25NaO5. The summed E-state index contributed by atoms with van der Waals surface area (Å²) in [5.74, 6) is -0.715. The van der Waals surface area contributed by atoms with Gasteiger partial charge in [-0.1, -0.05) is 42.5 Å². The molecule has 1 aromatic heterocycles. The van der Waals surface area contributed by atoms with Crippen molar-refractivity contribution in [2.45, 2.75) is 39.2 Å². The van der Waals surface area contributed by atoms with Crippen LogP contribution in [0.4, 0.5) is 0 Å². The largest absolute Gasteiger partial charge is 1.00 e. The van der Waals surface area contributed by atoms with Crippen LogP contribution >= 0.6 is 0 Å². The van der Waals surface area contributed by atoms with Gasteiger partial charge in [-0.05, 0) is 38.5 Å². The monoisotopic (exact) mass is 392 g/mol. The van der Waals surface area contributed by atoms with Gasteiger partial charge in [0.1, 0.15) is 17.1 Å². The van der Waals surface area contributed by atoms with Crippen LogP contribution in [-0.4, -0.2) is 22.1 Å². The molecule has 1 heterocycles. The average Bonchev–Trinajstić information content (AvgIpc) is 2.61. The number of fused-ring (bicyclic) bond motifs is 1. The molecule has 0 bridgehead atoms. The number of hydrogen-bond acceptors (Lipinski definition) is 5. The second-order valence-corrected chi connectivity index (χ2v) is 6.61. The van der Waals surface area contributed by atoms with Gasteiger partial charge in [0.05, 0.1) is 10.9 Å². The normalized spacial score (nSPS) is 11.3. The molecule has 1 unspecified atom stereocenters. The first-order valence-corrected chi connectivity index (χ1v) is 8.78. The number of benzene rings is 2. The molecule has 0 saturated carbocycles. The van der Waals surface area contributed by atoms with E-state index in [9.17, 15) is 14.7 Å². The standard InChI is InChI=1S/C19H16O4.C3H8O.Na.H/c1-12(20)11-15(13-7-3-2-4-8-13)17-18(21)14-9-5-6-10-16(14)23-19(17)22;1-3(2)4;;/h2-10,15,21H,11H2,1H3;3-4H,1-2H3;;/q;;+1;-1. The Morgan fingerprint density at radius 1 is 1.07 bits per heavy atom. The summed E-state index contributed by atoms with van der Waals surface area (Å²) in [5.41, 5.74) is 0.635. The van der Waals surface area contributed by atoms with Crippen molar-refractivity contribution in [2.24, 2.45) is 0 Å². The molecular weight excluding hydrogens is 367 g/mol. The molecule has 0 spiro atoms. The van der Waals surface area contributed by atoms with E-state index in [1.54, 1.807) is 38.1 Å². The van der Waals surface area contributed by atoms with Crippen LogP contribution in [-0.2, 0) is 4.79 Å². The predicted molar refractivity (Wildman–Crippen MR) is 106 cm³/mol. The molecule has 0 amide bonds. The van der Waals surface area contributed by atoms with E-state index in [-0.39, 0.29) is 60.6 Å². The van der Waals surface area contributed by atoms with Gasteiger partial charge in [-0.15, -0.1) is 0 Å². The number of rotatable bonds is 4. The van der Waals surface area contributed by atoms with Gasteiger partial charge in [0.2, 0.25) is 0 Å². The molecule has 144 valence electrons. The van der Waals surface area contributed by atoms with Gasteiger partial charge in [0, 0.05) is 18.4 Å². The summed E-state index contributed by atoms with van der Waals surface area (Å²) in [6.07, 6.45) is -0.0410. The molecule has 0 aliphatic carbocycles. The number of carbonyl (C=O) groups is 1. The second-order valence-electron chi connectivity index (χ2n) is 6.61. The molecule has 6 heteroatoms. The number of para-hydroxylation sites is 1. The quantitative estimate of drug-likeness (QED) is 0.513. The molecule has 3 aromatic rings. The number of ketones is 1. The first-order valence-electron chi connectivity index (χ1n) is 8.78. The van der Waals surface area contributed by atoms with Crippen molar-refractivity contribution in [1.82, 2.24) is 0 Å². The summed E-state index contributed by atoms with van der Waals surface area (Å²) >= 11 is 0. The summed E-state index contributed by atoms with van der Waals surface area (Å²) < 4.78 is 5.33. The van der Waals surface area contributed by atoms with Gasteiger partial charge in [-0.3, -0.25) is 4.79 Å². The molecule has 3 rings (SSSR count). The molecule has 0 aliphatic heterocycles. The second kappa shape index (κ2) is 11.2. The van der Waals surface area contributed by atoms with Gasteiger partial charge < -0.3 is 16.1 Å².